The number of rotatable bonds is 3. The van der Waals surface area contributed by atoms with E-state index in [4.69, 9.17) is 11.6 Å². The van der Waals surface area contributed by atoms with Gasteiger partial charge in [-0.15, -0.1) is 0 Å². The van der Waals surface area contributed by atoms with Gasteiger partial charge in [0.2, 0.25) is 0 Å². The normalized spacial score (nSPS) is 11.1. The van der Waals surface area contributed by atoms with Gasteiger partial charge in [-0.3, -0.25) is 0 Å². The van der Waals surface area contributed by atoms with Crippen molar-refractivity contribution in [1.82, 2.24) is 14.8 Å². The van der Waals surface area contributed by atoms with E-state index in [9.17, 15) is 0 Å². The van der Waals surface area contributed by atoms with E-state index in [-0.39, 0.29) is 0 Å². The zero-order valence-electron chi connectivity index (χ0n) is 10.6. The lowest BCUT2D eigenvalue weighted by atomic mass is 10.2. The van der Waals surface area contributed by atoms with Gasteiger partial charge in [0.25, 0.3) is 0 Å². The molecule has 0 unspecified atom stereocenters. The zero-order chi connectivity index (χ0) is 13.8. The molecule has 98 valence electrons. The summed E-state index contributed by atoms with van der Waals surface area (Å²) in [6.45, 7) is 0. The van der Waals surface area contributed by atoms with Gasteiger partial charge < -0.3 is 0 Å². The van der Waals surface area contributed by atoms with Gasteiger partial charge in [0, 0.05) is 11.2 Å². The zero-order valence-corrected chi connectivity index (χ0v) is 11.4. The first kappa shape index (κ1) is 12.6. The Morgan fingerprint density at radius 3 is 2.70 bits per heavy atom. The lowest BCUT2D eigenvalue weighted by Crippen LogP contribution is -2.00. The fourth-order valence-electron chi connectivity index (χ4n) is 1.90. The summed E-state index contributed by atoms with van der Waals surface area (Å²) in [5.74, 6) is 0.795. The van der Waals surface area contributed by atoms with Gasteiger partial charge in [-0.25, -0.2) is 9.67 Å². The molecule has 0 aliphatic heterocycles. The summed E-state index contributed by atoms with van der Waals surface area (Å²) in [5, 5.41) is 5.02. The van der Waals surface area contributed by atoms with Crippen molar-refractivity contribution in [3.63, 3.8) is 0 Å². The molecule has 0 atom stereocenters. The van der Waals surface area contributed by atoms with Crippen LogP contribution in [0.3, 0.4) is 0 Å². The van der Waals surface area contributed by atoms with Crippen molar-refractivity contribution in [2.24, 2.45) is 0 Å². The first-order valence-electron chi connectivity index (χ1n) is 6.22. The van der Waals surface area contributed by atoms with E-state index in [1.165, 1.54) is 0 Å². The van der Waals surface area contributed by atoms with E-state index < -0.39 is 0 Å². The molecular weight excluding hydrogens is 270 g/mol. The van der Waals surface area contributed by atoms with Crippen molar-refractivity contribution in [1.29, 1.82) is 0 Å². The molecule has 4 heteroatoms. The number of nitrogens with zero attached hydrogens (tertiary/aromatic N) is 3. The van der Waals surface area contributed by atoms with Crippen LogP contribution in [-0.4, -0.2) is 14.8 Å². The molecule has 2 heterocycles. The maximum Gasteiger partial charge on any atom is 0.153 e. The Hall–Kier alpha value is -2.39. The molecule has 2 aromatic heterocycles. The molecule has 1 aromatic carbocycles. The van der Waals surface area contributed by atoms with Crippen molar-refractivity contribution < 1.29 is 0 Å². The van der Waals surface area contributed by atoms with Crippen molar-refractivity contribution in [3.8, 4) is 5.82 Å². The van der Waals surface area contributed by atoms with Crippen LogP contribution in [0.15, 0.2) is 60.9 Å². The minimum Gasteiger partial charge on any atom is -0.237 e. The average Bonchev–Trinajstić information content (AvgIpc) is 2.95. The Morgan fingerprint density at radius 2 is 1.90 bits per heavy atom. The summed E-state index contributed by atoms with van der Waals surface area (Å²) in [7, 11) is 0. The fraction of sp³-hybridized carbons (Fsp3) is 0. The summed E-state index contributed by atoms with van der Waals surface area (Å²) in [4.78, 5) is 4.30. The standard InChI is InChI=1S/C16H12ClN3/c17-14-5-3-4-13(12-14)7-8-15-9-11-19-20(15)16-6-1-2-10-18-16/h1-12H/b8-7+. The minimum absolute atomic E-state index is 0.727. The summed E-state index contributed by atoms with van der Waals surface area (Å²) >= 11 is 5.97. The minimum atomic E-state index is 0.727. The highest BCUT2D eigenvalue weighted by Gasteiger charge is 2.02. The molecule has 0 saturated carbocycles. The SMILES string of the molecule is Clc1cccc(/C=C/c2ccnn2-c2ccccn2)c1. The van der Waals surface area contributed by atoms with Crippen LogP contribution in [0.1, 0.15) is 11.3 Å². The molecule has 0 bridgehead atoms. The number of halogens is 1. The van der Waals surface area contributed by atoms with Crippen molar-refractivity contribution >= 4 is 23.8 Å². The van der Waals surface area contributed by atoms with Crippen LogP contribution in [0.25, 0.3) is 18.0 Å². The monoisotopic (exact) mass is 281 g/mol. The predicted molar refractivity (Wildman–Crippen MR) is 81.7 cm³/mol. The molecule has 0 saturated heterocycles. The number of hydrogen-bond acceptors (Lipinski definition) is 2. The van der Waals surface area contributed by atoms with Gasteiger partial charge in [0.1, 0.15) is 0 Å². The quantitative estimate of drug-likeness (QED) is 0.724. The molecule has 0 radical (unpaired) electrons. The van der Waals surface area contributed by atoms with Gasteiger partial charge in [-0.2, -0.15) is 5.10 Å². The first-order chi connectivity index (χ1) is 9.83. The van der Waals surface area contributed by atoms with Gasteiger partial charge in [0.15, 0.2) is 5.82 Å². The number of benzene rings is 1. The number of aromatic nitrogens is 3. The van der Waals surface area contributed by atoms with Gasteiger partial charge in [-0.1, -0.05) is 35.9 Å². The Kier molecular flexibility index (Phi) is 3.61. The Balaban J connectivity index is 1.91. The van der Waals surface area contributed by atoms with Crippen LogP contribution in [0, 0.1) is 0 Å². The van der Waals surface area contributed by atoms with Crippen LogP contribution in [0.5, 0.6) is 0 Å². The van der Waals surface area contributed by atoms with Gasteiger partial charge in [-0.05, 0) is 42.0 Å². The van der Waals surface area contributed by atoms with E-state index in [2.05, 4.69) is 10.1 Å². The molecule has 3 nitrogen and oxygen atoms in total. The van der Waals surface area contributed by atoms with Gasteiger partial charge in [0.05, 0.1) is 11.9 Å². The lowest BCUT2D eigenvalue weighted by molar-refractivity contribution is 0.839. The third-order valence-corrected chi connectivity index (χ3v) is 3.07. The summed E-state index contributed by atoms with van der Waals surface area (Å²) < 4.78 is 1.79. The Labute approximate surface area is 122 Å². The summed E-state index contributed by atoms with van der Waals surface area (Å²) in [6.07, 6.45) is 7.50. The smallest absolute Gasteiger partial charge is 0.153 e. The van der Waals surface area contributed by atoms with Crippen molar-refractivity contribution in [3.05, 3.63) is 77.2 Å². The average molecular weight is 282 g/mol. The van der Waals surface area contributed by atoms with Crippen molar-refractivity contribution in [2.45, 2.75) is 0 Å². The predicted octanol–water partition coefficient (Wildman–Crippen LogP) is 4.09. The van der Waals surface area contributed by atoms with E-state index >= 15 is 0 Å². The maximum absolute atomic E-state index is 5.97. The van der Waals surface area contributed by atoms with Gasteiger partial charge >= 0.3 is 0 Å². The van der Waals surface area contributed by atoms with Crippen LogP contribution in [0.2, 0.25) is 5.02 Å². The van der Waals surface area contributed by atoms with E-state index in [1.807, 2.05) is 60.7 Å². The molecule has 0 N–H and O–H groups in total. The van der Waals surface area contributed by atoms with Crippen LogP contribution in [-0.2, 0) is 0 Å². The molecule has 20 heavy (non-hydrogen) atoms. The topological polar surface area (TPSA) is 30.7 Å². The van der Waals surface area contributed by atoms with Crippen LogP contribution in [0.4, 0.5) is 0 Å². The molecule has 0 aliphatic rings. The molecule has 0 aliphatic carbocycles. The number of pyridine rings is 1. The Morgan fingerprint density at radius 1 is 0.950 bits per heavy atom. The van der Waals surface area contributed by atoms with E-state index in [0.29, 0.717) is 0 Å². The highest BCUT2D eigenvalue weighted by molar-refractivity contribution is 6.30. The first-order valence-corrected chi connectivity index (χ1v) is 6.60. The second kappa shape index (κ2) is 5.72. The van der Waals surface area contributed by atoms with E-state index in [0.717, 1.165) is 22.1 Å². The molecular formula is C16H12ClN3. The second-order valence-corrected chi connectivity index (χ2v) is 4.68. The van der Waals surface area contributed by atoms with Crippen molar-refractivity contribution in [2.75, 3.05) is 0 Å². The second-order valence-electron chi connectivity index (χ2n) is 4.24. The third-order valence-electron chi connectivity index (χ3n) is 2.83. The highest BCUT2D eigenvalue weighted by Crippen LogP contribution is 2.15. The van der Waals surface area contributed by atoms with Crippen LogP contribution < -0.4 is 0 Å². The fourth-order valence-corrected chi connectivity index (χ4v) is 2.10. The van der Waals surface area contributed by atoms with Crippen LogP contribution >= 0.6 is 11.6 Å². The number of hydrogen-bond donors (Lipinski definition) is 0. The molecule has 0 fully saturated rings. The third kappa shape index (κ3) is 2.78. The molecule has 0 amide bonds. The maximum atomic E-state index is 5.97. The molecule has 3 rings (SSSR count). The highest BCUT2D eigenvalue weighted by atomic mass is 35.5. The molecule has 3 aromatic rings. The largest absolute Gasteiger partial charge is 0.237 e. The Bertz CT molecular complexity index is 732. The van der Waals surface area contributed by atoms with E-state index in [1.54, 1.807) is 17.1 Å². The summed E-state index contributed by atoms with van der Waals surface area (Å²) in [5.41, 5.74) is 2.01. The molecule has 0 spiro atoms. The lowest BCUT2D eigenvalue weighted by Gasteiger charge is -2.02. The summed E-state index contributed by atoms with van der Waals surface area (Å²) in [6, 6.07) is 15.4.